The Morgan fingerprint density at radius 2 is 2.22 bits per heavy atom. The van der Waals surface area contributed by atoms with E-state index in [-0.39, 0.29) is 0 Å². The number of nitrogens with zero attached hydrogens (tertiary/aromatic N) is 4. The molecular weight excluding hydrogens is 328 g/mol. The smallest absolute Gasteiger partial charge is 0.158 e. The third kappa shape index (κ3) is 3.72. The number of hydrogen-bond acceptors (Lipinski definition) is 8. The number of hydrazone groups is 1. The van der Waals surface area contributed by atoms with Crippen molar-refractivity contribution in [1.29, 1.82) is 0 Å². The molecule has 0 amide bonds. The van der Waals surface area contributed by atoms with E-state index in [1.807, 2.05) is 12.4 Å². The molecule has 0 bridgehead atoms. The molecule has 6 nitrogen and oxygen atoms in total. The quantitative estimate of drug-likeness (QED) is 0.528. The Bertz CT molecular complexity index is 820. The van der Waals surface area contributed by atoms with Gasteiger partial charge in [0.15, 0.2) is 5.82 Å². The molecule has 3 rings (SSSR count). The molecule has 0 aliphatic carbocycles. The fourth-order valence-electron chi connectivity index (χ4n) is 2.04. The van der Waals surface area contributed by atoms with E-state index < -0.39 is 0 Å². The van der Waals surface area contributed by atoms with E-state index >= 15 is 0 Å². The molecule has 0 unspecified atom stereocenters. The van der Waals surface area contributed by atoms with Gasteiger partial charge in [-0.25, -0.2) is 15.0 Å². The standard InChI is InChI=1S/C15H18N6S2/c1-9(2)12-4-11-14(17-8-18-15(11)23-12)21-19-6-13-20-10(5-16-3)7-22-13/h4,6-9,16H,5H2,1-3H3,(H,17,18,21). The van der Waals surface area contributed by atoms with E-state index in [4.69, 9.17) is 0 Å². The minimum atomic E-state index is 0.478. The summed E-state index contributed by atoms with van der Waals surface area (Å²) in [5, 5.41) is 11.2. The highest BCUT2D eigenvalue weighted by Crippen LogP contribution is 2.32. The summed E-state index contributed by atoms with van der Waals surface area (Å²) in [6, 6.07) is 2.14. The van der Waals surface area contributed by atoms with Crippen LogP contribution in [0.5, 0.6) is 0 Å². The van der Waals surface area contributed by atoms with Gasteiger partial charge in [-0.05, 0) is 19.0 Å². The second-order valence-corrected chi connectivity index (χ2v) is 7.27. The van der Waals surface area contributed by atoms with Crippen LogP contribution in [0, 0.1) is 0 Å². The van der Waals surface area contributed by atoms with Gasteiger partial charge >= 0.3 is 0 Å². The lowest BCUT2D eigenvalue weighted by molar-refractivity contribution is 0.797. The van der Waals surface area contributed by atoms with E-state index in [0.717, 1.165) is 33.3 Å². The molecule has 0 saturated heterocycles. The van der Waals surface area contributed by atoms with Gasteiger partial charge in [0, 0.05) is 16.8 Å². The first-order valence-electron chi connectivity index (χ1n) is 7.30. The van der Waals surface area contributed by atoms with Gasteiger partial charge in [0.05, 0.1) is 17.3 Å². The SMILES string of the molecule is CNCc1csc(C=NNc2ncnc3sc(C(C)C)cc23)n1. The van der Waals surface area contributed by atoms with Crippen LogP contribution in [0.3, 0.4) is 0 Å². The monoisotopic (exact) mass is 346 g/mol. The molecule has 0 spiro atoms. The van der Waals surface area contributed by atoms with Crippen LogP contribution in [0.15, 0.2) is 22.9 Å². The maximum Gasteiger partial charge on any atom is 0.158 e. The number of aromatic nitrogens is 3. The summed E-state index contributed by atoms with van der Waals surface area (Å²) in [6.07, 6.45) is 3.28. The fourth-order valence-corrected chi connectivity index (χ4v) is 3.72. The van der Waals surface area contributed by atoms with Crippen molar-refractivity contribution in [2.45, 2.75) is 26.3 Å². The molecule has 8 heteroatoms. The zero-order chi connectivity index (χ0) is 16.2. The Kier molecular flexibility index (Phi) is 4.94. The first-order valence-corrected chi connectivity index (χ1v) is 8.99. The van der Waals surface area contributed by atoms with Crippen molar-refractivity contribution in [3.63, 3.8) is 0 Å². The average molecular weight is 346 g/mol. The van der Waals surface area contributed by atoms with Crippen LogP contribution < -0.4 is 10.7 Å². The van der Waals surface area contributed by atoms with Crippen LogP contribution in [0.2, 0.25) is 0 Å². The van der Waals surface area contributed by atoms with E-state index in [0.29, 0.717) is 5.92 Å². The van der Waals surface area contributed by atoms with Gasteiger partial charge in [-0.15, -0.1) is 22.7 Å². The van der Waals surface area contributed by atoms with Crippen molar-refractivity contribution < 1.29 is 0 Å². The van der Waals surface area contributed by atoms with Crippen molar-refractivity contribution in [1.82, 2.24) is 20.3 Å². The lowest BCUT2D eigenvalue weighted by Crippen LogP contribution is -2.05. The third-order valence-electron chi connectivity index (χ3n) is 3.19. The van der Waals surface area contributed by atoms with Gasteiger partial charge < -0.3 is 5.32 Å². The summed E-state index contributed by atoms with van der Waals surface area (Å²) in [6.45, 7) is 5.11. The molecule has 23 heavy (non-hydrogen) atoms. The molecule has 0 aliphatic rings. The maximum atomic E-state index is 4.46. The minimum absolute atomic E-state index is 0.478. The Labute approximate surface area is 142 Å². The summed E-state index contributed by atoms with van der Waals surface area (Å²) in [7, 11) is 1.90. The highest BCUT2D eigenvalue weighted by atomic mass is 32.1. The zero-order valence-corrected chi connectivity index (χ0v) is 14.8. The molecule has 0 aliphatic heterocycles. The topological polar surface area (TPSA) is 75.1 Å². The van der Waals surface area contributed by atoms with Gasteiger partial charge in [-0.3, -0.25) is 5.43 Å². The van der Waals surface area contributed by atoms with Crippen molar-refractivity contribution in [2.75, 3.05) is 12.5 Å². The van der Waals surface area contributed by atoms with Crippen LogP contribution in [-0.2, 0) is 6.54 Å². The Hall–Kier alpha value is -1.90. The number of rotatable bonds is 6. The van der Waals surface area contributed by atoms with Crippen LogP contribution in [-0.4, -0.2) is 28.2 Å². The molecule has 0 saturated carbocycles. The summed E-state index contributed by atoms with van der Waals surface area (Å²) in [5.41, 5.74) is 4.02. The molecule has 120 valence electrons. The largest absolute Gasteiger partial charge is 0.314 e. The molecule has 0 radical (unpaired) electrons. The van der Waals surface area contributed by atoms with Crippen molar-refractivity contribution in [3.8, 4) is 0 Å². The number of nitrogens with one attached hydrogen (secondary N) is 2. The Morgan fingerprint density at radius 3 is 3.00 bits per heavy atom. The number of hydrogen-bond donors (Lipinski definition) is 2. The van der Waals surface area contributed by atoms with Crippen molar-refractivity contribution in [3.05, 3.63) is 33.4 Å². The predicted molar refractivity (Wildman–Crippen MR) is 97.6 cm³/mol. The lowest BCUT2D eigenvalue weighted by atomic mass is 10.2. The minimum Gasteiger partial charge on any atom is -0.314 e. The zero-order valence-electron chi connectivity index (χ0n) is 13.2. The lowest BCUT2D eigenvalue weighted by Gasteiger charge is -1.99. The molecule has 3 aromatic heterocycles. The fraction of sp³-hybridized carbons (Fsp3) is 0.333. The van der Waals surface area contributed by atoms with E-state index in [9.17, 15) is 0 Å². The first-order chi connectivity index (χ1) is 11.2. The summed E-state index contributed by atoms with van der Waals surface area (Å²) in [4.78, 5) is 15.4. The number of anilines is 1. The van der Waals surface area contributed by atoms with Crippen molar-refractivity contribution in [2.24, 2.45) is 5.10 Å². The van der Waals surface area contributed by atoms with Gasteiger partial charge in [0.1, 0.15) is 16.2 Å². The predicted octanol–water partition coefficient (Wildman–Crippen LogP) is 3.44. The maximum absolute atomic E-state index is 4.46. The van der Waals surface area contributed by atoms with Crippen LogP contribution >= 0.6 is 22.7 Å². The van der Waals surface area contributed by atoms with Gasteiger partial charge in [-0.2, -0.15) is 5.10 Å². The molecule has 0 aromatic carbocycles. The van der Waals surface area contributed by atoms with Crippen molar-refractivity contribution >= 4 is 44.9 Å². The number of thiazole rings is 1. The molecule has 0 atom stereocenters. The second kappa shape index (κ2) is 7.12. The van der Waals surface area contributed by atoms with E-state index in [1.165, 1.54) is 4.88 Å². The normalized spacial score (nSPS) is 11.8. The van der Waals surface area contributed by atoms with Gasteiger partial charge in [0.25, 0.3) is 0 Å². The third-order valence-corrected chi connectivity index (χ3v) is 5.36. The van der Waals surface area contributed by atoms with Gasteiger partial charge in [0.2, 0.25) is 0 Å². The van der Waals surface area contributed by atoms with Crippen LogP contribution in [0.4, 0.5) is 5.82 Å². The van der Waals surface area contributed by atoms with E-state index in [1.54, 1.807) is 35.2 Å². The Morgan fingerprint density at radius 1 is 1.35 bits per heavy atom. The second-order valence-electron chi connectivity index (χ2n) is 5.32. The van der Waals surface area contributed by atoms with Crippen LogP contribution in [0.25, 0.3) is 10.2 Å². The summed E-state index contributed by atoms with van der Waals surface area (Å²) < 4.78 is 0. The van der Waals surface area contributed by atoms with E-state index in [2.05, 4.69) is 50.7 Å². The number of thiophene rings is 1. The molecule has 3 heterocycles. The molecule has 0 fully saturated rings. The highest BCUT2D eigenvalue weighted by molar-refractivity contribution is 7.18. The Balaban J connectivity index is 1.76. The first kappa shape index (κ1) is 16.0. The van der Waals surface area contributed by atoms with Gasteiger partial charge in [-0.1, -0.05) is 13.8 Å². The average Bonchev–Trinajstić information content (AvgIpc) is 3.15. The highest BCUT2D eigenvalue weighted by Gasteiger charge is 2.10. The summed E-state index contributed by atoms with van der Waals surface area (Å²) >= 11 is 3.26. The number of fused-ring (bicyclic) bond motifs is 1. The molecule has 2 N–H and O–H groups in total. The van der Waals surface area contributed by atoms with Crippen LogP contribution in [0.1, 0.15) is 35.3 Å². The molecular formula is C15H18N6S2. The molecule has 3 aromatic rings. The summed E-state index contributed by atoms with van der Waals surface area (Å²) in [5.74, 6) is 1.20.